The lowest BCUT2D eigenvalue weighted by Crippen LogP contribution is -2.55. The van der Waals surface area contributed by atoms with Crippen LogP contribution in [-0.2, 0) is 0 Å². The van der Waals surface area contributed by atoms with E-state index in [1.807, 2.05) is 0 Å². The predicted molar refractivity (Wildman–Crippen MR) is 93.9 cm³/mol. The molecule has 0 aromatic heterocycles. The van der Waals surface area contributed by atoms with Crippen molar-refractivity contribution in [2.24, 2.45) is 51.4 Å². The molecule has 4 fully saturated rings. The smallest absolute Gasteiger partial charge is 0.0596 e. The van der Waals surface area contributed by atoms with Crippen LogP contribution in [0.5, 0.6) is 0 Å². The van der Waals surface area contributed by atoms with Crippen LogP contribution in [0.15, 0.2) is 5.10 Å². The largest absolute Gasteiger partial charge is 0.393 e. The van der Waals surface area contributed by atoms with Crippen molar-refractivity contribution in [1.29, 1.82) is 0 Å². The Hall–Kier alpha value is -0.570. The van der Waals surface area contributed by atoms with Crippen molar-refractivity contribution in [3.05, 3.63) is 0 Å². The van der Waals surface area contributed by atoms with Crippen LogP contribution in [0.25, 0.3) is 0 Å². The molecule has 23 heavy (non-hydrogen) atoms. The van der Waals surface area contributed by atoms with Gasteiger partial charge >= 0.3 is 0 Å². The van der Waals surface area contributed by atoms with Crippen LogP contribution in [0, 0.1) is 40.4 Å². The third-order valence-corrected chi connectivity index (χ3v) is 8.95. The average molecular weight is 319 g/mol. The van der Waals surface area contributed by atoms with Crippen LogP contribution >= 0.6 is 0 Å². The molecule has 3 N–H and O–H groups in total. The summed E-state index contributed by atoms with van der Waals surface area (Å²) in [6.07, 6.45) is 9.88. The molecule has 4 saturated carbocycles. The number of aliphatic hydroxyl groups excluding tert-OH is 1. The Labute approximate surface area is 141 Å². The first-order chi connectivity index (χ1) is 10.9. The molecular weight excluding hydrogens is 284 g/mol. The minimum Gasteiger partial charge on any atom is -0.393 e. The highest BCUT2D eigenvalue weighted by atomic mass is 16.3. The van der Waals surface area contributed by atoms with Crippen LogP contribution in [0.1, 0.15) is 72.1 Å². The third kappa shape index (κ3) is 2.08. The zero-order valence-corrected chi connectivity index (χ0v) is 15.1. The van der Waals surface area contributed by atoms with Gasteiger partial charge in [0.05, 0.1) is 6.10 Å². The normalized spacial score (nSPS) is 57.7. The lowest BCUT2D eigenvalue weighted by Gasteiger charge is -2.61. The second-order valence-electron chi connectivity index (χ2n) is 9.72. The second kappa shape index (κ2) is 5.21. The summed E-state index contributed by atoms with van der Waals surface area (Å²) >= 11 is 0. The van der Waals surface area contributed by atoms with Gasteiger partial charge in [-0.1, -0.05) is 20.8 Å². The molecule has 0 radical (unpaired) electrons. The van der Waals surface area contributed by atoms with Crippen molar-refractivity contribution in [2.75, 3.05) is 0 Å². The minimum absolute atomic E-state index is 0.0553. The van der Waals surface area contributed by atoms with E-state index in [1.165, 1.54) is 44.2 Å². The number of fused-ring (bicyclic) bond motifs is 5. The van der Waals surface area contributed by atoms with Gasteiger partial charge in [0.25, 0.3) is 0 Å². The fraction of sp³-hybridized carbons (Fsp3) is 0.950. The molecule has 0 aliphatic heterocycles. The molecule has 0 heterocycles. The van der Waals surface area contributed by atoms with Crippen molar-refractivity contribution in [3.63, 3.8) is 0 Å². The van der Waals surface area contributed by atoms with E-state index in [0.717, 1.165) is 36.5 Å². The average Bonchev–Trinajstić information content (AvgIpc) is 2.82. The molecule has 0 aromatic carbocycles. The maximum absolute atomic E-state index is 10.5. The number of hydrogen-bond donors (Lipinski definition) is 2. The quantitative estimate of drug-likeness (QED) is 0.525. The zero-order valence-electron chi connectivity index (χ0n) is 15.1. The van der Waals surface area contributed by atoms with Gasteiger partial charge in [-0.15, -0.1) is 0 Å². The highest BCUT2D eigenvalue weighted by molar-refractivity contribution is 5.87. The number of rotatable bonds is 0. The lowest BCUT2D eigenvalue weighted by molar-refractivity contribution is -0.116. The number of nitrogens with zero attached hydrogens (tertiary/aromatic N) is 1. The second-order valence-corrected chi connectivity index (χ2v) is 9.72. The van der Waals surface area contributed by atoms with Gasteiger partial charge in [0.1, 0.15) is 0 Å². The van der Waals surface area contributed by atoms with E-state index >= 15 is 0 Å². The van der Waals surface area contributed by atoms with Crippen molar-refractivity contribution < 1.29 is 5.11 Å². The van der Waals surface area contributed by atoms with E-state index in [9.17, 15) is 5.11 Å². The van der Waals surface area contributed by atoms with Crippen molar-refractivity contribution in [3.8, 4) is 0 Å². The minimum atomic E-state index is -0.0553. The molecule has 0 spiro atoms. The monoisotopic (exact) mass is 318 g/mol. The van der Waals surface area contributed by atoms with E-state index in [1.54, 1.807) is 0 Å². The SMILES string of the molecule is CC1C[C@@]2(C)C(CCC3C2CC[C@]2(C)C(O)CCC32)C/C1=N/N. The van der Waals surface area contributed by atoms with Gasteiger partial charge in [0, 0.05) is 5.71 Å². The van der Waals surface area contributed by atoms with Gasteiger partial charge < -0.3 is 10.9 Å². The van der Waals surface area contributed by atoms with E-state index in [4.69, 9.17) is 5.84 Å². The van der Waals surface area contributed by atoms with Crippen LogP contribution in [0.3, 0.4) is 0 Å². The van der Waals surface area contributed by atoms with Gasteiger partial charge in [-0.3, -0.25) is 0 Å². The fourth-order valence-electron chi connectivity index (χ4n) is 7.57. The Morgan fingerprint density at radius 1 is 1.04 bits per heavy atom. The summed E-state index contributed by atoms with van der Waals surface area (Å²) in [7, 11) is 0. The van der Waals surface area contributed by atoms with Crippen molar-refractivity contribution >= 4 is 5.71 Å². The van der Waals surface area contributed by atoms with Crippen LogP contribution < -0.4 is 5.84 Å². The van der Waals surface area contributed by atoms with E-state index in [-0.39, 0.29) is 11.5 Å². The lowest BCUT2D eigenvalue weighted by atomic mass is 9.44. The molecule has 4 rings (SSSR count). The molecule has 3 nitrogen and oxygen atoms in total. The van der Waals surface area contributed by atoms with Gasteiger partial charge in [0.2, 0.25) is 0 Å². The molecule has 0 saturated heterocycles. The predicted octanol–water partition coefficient (Wildman–Crippen LogP) is 3.95. The maximum atomic E-state index is 10.5. The van der Waals surface area contributed by atoms with E-state index < -0.39 is 0 Å². The van der Waals surface area contributed by atoms with Gasteiger partial charge in [-0.2, -0.15) is 5.10 Å². The summed E-state index contributed by atoms with van der Waals surface area (Å²) in [5.74, 6) is 9.43. The molecule has 8 atom stereocenters. The molecule has 0 aromatic rings. The maximum Gasteiger partial charge on any atom is 0.0596 e. The molecule has 3 heteroatoms. The summed E-state index contributed by atoms with van der Waals surface area (Å²) in [6.45, 7) is 7.28. The van der Waals surface area contributed by atoms with Crippen LogP contribution in [0.4, 0.5) is 0 Å². The highest BCUT2D eigenvalue weighted by Crippen LogP contribution is 2.66. The van der Waals surface area contributed by atoms with Crippen molar-refractivity contribution in [1.82, 2.24) is 0 Å². The molecule has 4 aliphatic rings. The number of hydrogen-bond acceptors (Lipinski definition) is 3. The number of nitrogens with two attached hydrogens (primary N) is 1. The Balaban J connectivity index is 1.63. The summed E-state index contributed by atoms with van der Waals surface area (Å²) in [6, 6.07) is 0. The molecule has 0 amide bonds. The van der Waals surface area contributed by atoms with Crippen LogP contribution in [-0.4, -0.2) is 16.9 Å². The molecule has 6 unspecified atom stereocenters. The Morgan fingerprint density at radius 2 is 1.78 bits per heavy atom. The molecule has 4 aliphatic carbocycles. The van der Waals surface area contributed by atoms with Gasteiger partial charge in [-0.05, 0) is 91.8 Å². The van der Waals surface area contributed by atoms with E-state index in [2.05, 4.69) is 25.9 Å². The molecule has 0 bridgehead atoms. The fourth-order valence-corrected chi connectivity index (χ4v) is 7.57. The Morgan fingerprint density at radius 3 is 2.52 bits per heavy atom. The Kier molecular flexibility index (Phi) is 3.61. The molecule has 130 valence electrons. The van der Waals surface area contributed by atoms with Crippen LogP contribution in [0.2, 0.25) is 0 Å². The van der Waals surface area contributed by atoms with E-state index in [0.29, 0.717) is 11.3 Å². The zero-order chi connectivity index (χ0) is 16.4. The summed E-state index contributed by atoms with van der Waals surface area (Å²) in [4.78, 5) is 0. The Bertz CT molecular complexity index is 518. The molecular formula is C20H34N2O. The summed E-state index contributed by atoms with van der Waals surface area (Å²) in [5, 5.41) is 14.7. The summed E-state index contributed by atoms with van der Waals surface area (Å²) in [5.41, 5.74) is 1.92. The number of aliphatic hydroxyl groups is 1. The third-order valence-electron chi connectivity index (χ3n) is 8.95. The number of hydrazone groups is 1. The van der Waals surface area contributed by atoms with Crippen molar-refractivity contribution in [2.45, 2.75) is 78.2 Å². The first kappa shape index (κ1) is 15.9. The van der Waals surface area contributed by atoms with Gasteiger partial charge in [-0.25, -0.2) is 0 Å². The van der Waals surface area contributed by atoms with Gasteiger partial charge in [0.15, 0.2) is 0 Å². The first-order valence-electron chi connectivity index (χ1n) is 9.85. The standard InChI is InChI=1S/C20H34N2O/c1-12-11-20(3)13(10-17(12)22-21)4-5-14-15-6-7-18(23)19(15,2)9-8-16(14)20/h12-16,18,23H,4-11,21H2,1-3H3/b22-17-/t12?,13?,14?,15?,16?,18?,19-,20-/m0/s1. The topological polar surface area (TPSA) is 58.6 Å². The summed E-state index contributed by atoms with van der Waals surface area (Å²) < 4.78 is 0. The first-order valence-corrected chi connectivity index (χ1v) is 9.85. The highest BCUT2D eigenvalue weighted by Gasteiger charge is 2.60.